The maximum Gasteiger partial charge on any atom is 0.272 e. The Kier molecular flexibility index (Phi) is 5.48. The van der Waals surface area contributed by atoms with Crippen LogP contribution in [0.1, 0.15) is 37.2 Å². The molecule has 0 bridgehead atoms. The van der Waals surface area contributed by atoms with Gasteiger partial charge in [-0.1, -0.05) is 6.92 Å². The van der Waals surface area contributed by atoms with Gasteiger partial charge >= 0.3 is 0 Å². The first-order valence-electron chi connectivity index (χ1n) is 8.77. The molecule has 1 aliphatic rings. The summed E-state index contributed by atoms with van der Waals surface area (Å²) in [4.78, 5) is 22.9. The molecule has 0 spiro atoms. The highest BCUT2D eigenvalue weighted by Gasteiger charge is 2.22. The fourth-order valence-electron chi connectivity index (χ4n) is 2.87. The fourth-order valence-corrected chi connectivity index (χ4v) is 2.87. The lowest BCUT2D eigenvalue weighted by atomic mass is 9.99. The van der Waals surface area contributed by atoms with Gasteiger partial charge in [-0.25, -0.2) is 9.97 Å². The number of carbonyl (C=O) groups is 1. The summed E-state index contributed by atoms with van der Waals surface area (Å²) in [6.07, 6.45) is 3.53. The van der Waals surface area contributed by atoms with E-state index in [1.165, 1.54) is 6.33 Å². The van der Waals surface area contributed by atoms with Crippen LogP contribution in [0.15, 0.2) is 36.7 Å². The molecule has 25 heavy (non-hydrogen) atoms. The Hall–Kier alpha value is -2.63. The fraction of sp³-hybridized carbons (Fsp3) is 0.421. The molecule has 6 heteroatoms. The van der Waals surface area contributed by atoms with Crippen molar-refractivity contribution in [3.8, 4) is 5.75 Å². The van der Waals surface area contributed by atoms with Crippen molar-refractivity contribution >= 4 is 17.4 Å². The third-order valence-electron chi connectivity index (χ3n) is 4.39. The molecule has 2 aromatic rings. The predicted molar refractivity (Wildman–Crippen MR) is 97.2 cm³/mol. The normalized spacial score (nSPS) is 15.0. The van der Waals surface area contributed by atoms with Crippen molar-refractivity contribution in [1.29, 1.82) is 0 Å². The van der Waals surface area contributed by atoms with Crippen LogP contribution in [0.4, 0.5) is 11.5 Å². The Balaban J connectivity index is 1.67. The molecule has 0 radical (unpaired) electrons. The van der Waals surface area contributed by atoms with E-state index in [0.717, 1.165) is 37.4 Å². The zero-order valence-electron chi connectivity index (χ0n) is 14.7. The number of hydrogen-bond acceptors (Lipinski definition) is 5. The molecule has 0 unspecified atom stereocenters. The number of rotatable bonds is 5. The molecule has 1 fully saturated rings. The smallest absolute Gasteiger partial charge is 0.272 e. The van der Waals surface area contributed by atoms with Crippen LogP contribution in [0.5, 0.6) is 5.75 Å². The monoisotopic (exact) mass is 340 g/mol. The predicted octanol–water partition coefficient (Wildman–Crippen LogP) is 3.49. The summed E-state index contributed by atoms with van der Waals surface area (Å²) >= 11 is 0. The summed E-state index contributed by atoms with van der Waals surface area (Å²) in [5.41, 5.74) is 1.31. The van der Waals surface area contributed by atoms with Crippen molar-refractivity contribution in [1.82, 2.24) is 14.9 Å². The Morgan fingerprint density at radius 2 is 1.96 bits per heavy atom. The van der Waals surface area contributed by atoms with Gasteiger partial charge in [-0.15, -0.1) is 0 Å². The zero-order chi connectivity index (χ0) is 17.6. The van der Waals surface area contributed by atoms with Crippen molar-refractivity contribution in [2.45, 2.75) is 26.7 Å². The van der Waals surface area contributed by atoms with E-state index in [-0.39, 0.29) is 5.91 Å². The lowest BCUT2D eigenvalue weighted by Crippen LogP contribution is -2.38. The lowest BCUT2D eigenvalue weighted by Gasteiger charge is -2.30. The SMILES string of the molecule is CCOc1ccc(Nc2cc(C(=O)N3CCC(C)CC3)ncn2)cc1. The van der Waals surface area contributed by atoms with Gasteiger partial charge in [0.2, 0.25) is 0 Å². The molecule has 1 aromatic carbocycles. The van der Waals surface area contributed by atoms with Gasteiger partial charge in [0, 0.05) is 24.8 Å². The number of ether oxygens (including phenoxy) is 1. The number of nitrogens with one attached hydrogen (secondary N) is 1. The Morgan fingerprint density at radius 3 is 2.64 bits per heavy atom. The summed E-state index contributed by atoms with van der Waals surface area (Å²) in [5.74, 6) is 2.09. The van der Waals surface area contributed by atoms with E-state index in [0.29, 0.717) is 24.0 Å². The summed E-state index contributed by atoms with van der Waals surface area (Å²) in [6.45, 7) is 6.41. The third kappa shape index (κ3) is 4.47. The highest BCUT2D eigenvalue weighted by Crippen LogP contribution is 2.21. The second kappa shape index (κ2) is 7.96. The van der Waals surface area contributed by atoms with Crippen molar-refractivity contribution in [2.75, 3.05) is 25.0 Å². The van der Waals surface area contributed by atoms with Crippen LogP contribution < -0.4 is 10.1 Å². The third-order valence-corrected chi connectivity index (χ3v) is 4.39. The van der Waals surface area contributed by atoms with E-state index in [4.69, 9.17) is 4.74 Å². The maximum atomic E-state index is 12.6. The molecule has 1 amide bonds. The van der Waals surface area contributed by atoms with Gasteiger partial charge < -0.3 is 15.0 Å². The number of amides is 1. The first-order chi connectivity index (χ1) is 12.2. The van der Waals surface area contributed by atoms with E-state index in [1.54, 1.807) is 6.07 Å². The average Bonchev–Trinajstić information content (AvgIpc) is 2.64. The topological polar surface area (TPSA) is 67.3 Å². The van der Waals surface area contributed by atoms with Gasteiger partial charge in [-0.2, -0.15) is 0 Å². The van der Waals surface area contributed by atoms with Crippen LogP contribution in [0, 0.1) is 5.92 Å². The number of nitrogens with zero attached hydrogens (tertiary/aromatic N) is 3. The number of carbonyl (C=O) groups excluding carboxylic acids is 1. The highest BCUT2D eigenvalue weighted by molar-refractivity contribution is 5.93. The van der Waals surface area contributed by atoms with Crippen LogP contribution in [0.2, 0.25) is 0 Å². The summed E-state index contributed by atoms with van der Waals surface area (Å²) in [5, 5.41) is 3.20. The van der Waals surface area contributed by atoms with E-state index in [9.17, 15) is 4.79 Å². The standard InChI is InChI=1S/C19H24N4O2/c1-3-25-16-6-4-15(5-7-16)22-18-12-17(20-13-21-18)19(24)23-10-8-14(2)9-11-23/h4-7,12-14H,3,8-11H2,1-2H3,(H,20,21,22). The molecule has 0 aliphatic carbocycles. The molecule has 0 atom stereocenters. The van der Waals surface area contributed by atoms with Gasteiger partial charge in [0.05, 0.1) is 6.61 Å². The molecule has 1 aromatic heterocycles. The van der Waals surface area contributed by atoms with Gasteiger partial charge in [0.1, 0.15) is 23.6 Å². The number of piperidine rings is 1. The largest absolute Gasteiger partial charge is 0.494 e. The van der Waals surface area contributed by atoms with Gasteiger partial charge in [-0.3, -0.25) is 4.79 Å². The molecule has 0 saturated carbocycles. The minimum absolute atomic E-state index is 0.0240. The molecule has 2 heterocycles. The Morgan fingerprint density at radius 1 is 1.24 bits per heavy atom. The van der Waals surface area contributed by atoms with E-state index < -0.39 is 0 Å². The average molecular weight is 340 g/mol. The second-order valence-corrected chi connectivity index (χ2v) is 6.35. The molecule has 6 nitrogen and oxygen atoms in total. The number of hydrogen-bond donors (Lipinski definition) is 1. The second-order valence-electron chi connectivity index (χ2n) is 6.35. The van der Waals surface area contributed by atoms with Crippen LogP contribution in [0.3, 0.4) is 0 Å². The number of anilines is 2. The first-order valence-corrected chi connectivity index (χ1v) is 8.77. The lowest BCUT2D eigenvalue weighted by molar-refractivity contribution is 0.0691. The summed E-state index contributed by atoms with van der Waals surface area (Å²) in [7, 11) is 0. The van der Waals surface area contributed by atoms with Crippen LogP contribution in [-0.2, 0) is 0 Å². The summed E-state index contributed by atoms with van der Waals surface area (Å²) in [6, 6.07) is 9.33. The van der Waals surface area contributed by atoms with Gasteiger partial charge in [0.25, 0.3) is 5.91 Å². The minimum Gasteiger partial charge on any atom is -0.494 e. The first kappa shape index (κ1) is 17.2. The number of likely N-dealkylation sites (tertiary alicyclic amines) is 1. The Bertz CT molecular complexity index is 710. The van der Waals surface area contributed by atoms with Crippen LogP contribution in [0.25, 0.3) is 0 Å². The van der Waals surface area contributed by atoms with Crippen molar-refractivity contribution in [3.05, 3.63) is 42.4 Å². The van der Waals surface area contributed by atoms with E-state index >= 15 is 0 Å². The maximum absolute atomic E-state index is 12.6. The van der Waals surface area contributed by atoms with Gasteiger partial charge in [-0.05, 0) is 49.9 Å². The van der Waals surface area contributed by atoms with E-state index in [1.807, 2.05) is 36.1 Å². The summed E-state index contributed by atoms with van der Waals surface area (Å²) < 4.78 is 5.43. The van der Waals surface area contributed by atoms with Crippen molar-refractivity contribution in [2.24, 2.45) is 5.92 Å². The number of aromatic nitrogens is 2. The molecule has 1 aliphatic heterocycles. The quantitative estimate of drug-likeness (QED) is 0.902. The van der Waals surface area contributed by atoms with Crippen molar-refractivity contribution < 1.29 is 9.53 Å². The molecule has 1 saturated heterocycles. The minimum atomic E-state index is -0.0240. The van der Waals surface area contributed by atoms with Gasteiger partial charge in [0.15, 0.2) is 0 Å². The molecule has 1 N–H and O–H groups in total. The zero-order valence-corrected chi connectivity index (χ0v) is 14.7. The highest BCUT2D eigenvalue weighted by atomic mass is 16.5. The molecule has 3 rings (SSSR count). The van der Waals surface area contributed by atoms with Crippen molar-refractivity contribution in [3.63, 3.8) is 0 Å². The molecular formula is C19H24N4O2. The van der Waals surface area contributed by atoms with E-state index in [2.05, 4.69) is 22.2 Å². The van der Waals surface area contributed by atoms with Crippen LogP contribution >= 0.6 is 0 Å². The molecule has 132 valence electrons. The van der Waals surface area contributed by atoms with Crippen LogP contribution in [-0.4, -0.2) is 40.5 Å². The Labute approximate surface area is 148 Å². The molecular weight excluding hydrogens is 316 g/mol. The number of benzene rings is 1.